The zero-order chi connectivity index (χ0) is 37.6. The zero-order valence-corrected chi connectivity index (χ0v) is 31.6. The molecule has 0 saturated heterocycles. The van der Waals surface area contributed by atoms with E-state index in [1.807, 2.05) is 0 Å². The van der Waals surface area contributed by atoms with Crippen LogP contribution in [0.2, 0.25) is 0 Å². The summed E-state index contributed by atoms with van der Waals surface area (Å²) in [6, 6.07) is 4.45. The van der Waals surface area contributed by atoms with Crippen molar-refractivity contribution in [3.8, 4) is 0 Å². The number of H-pyrrole nitrogens is 1. The molecule has 0 unspecified atom stereocenters. The summed E-state index contributed by atoms with van der Waals surface area (Å²) in [5.74, 6) is 0. The van der Waals surface area contributed by atoms with Crippen LogP contribution in [-0.2, 0) is 62.1 Å². The number of fused-ring (bicyclic) bond motifs is 8. The number of rotatable bonds is 8. The van der Waals surface area contributed by atoms with E-state index in [1.165, 1.54) is 61.0 Å². The quantitative estimate of drug-likeness (QED) is 0.144. The third kappa shape index (κ3) is 10.6. The van der Waals surface area contributed by atoms with Crippen LogP contribution in [0.25, 0.3) is 45.9 Å². The molecule has 3 aromatic heterocycles. The molecule has 0 fully saturated rings. The maximum Gasteiger partial charge on any atom is 2.00 e. The van der Waals surface area contributed by atoms with Gasteiger partial charge in [-0.15, -0.1) is 0 Å². The molecule has 5 rings (SSSR count). The molecule has 8 bridgehead atoms. The molecular weight excluding hydrogens is 717 g/mol. The molecule has 1 N–H and O–H groups in total. The Balaban J connectivity index is 0.000000723. The minimum Gasteiger partial charge on any atom is -0.418 e. The Morgan fingerprint density at radius 3 is 1.43 bits per heavy atom. The summed E-state index contributed by atoms with van der Waals surface area (Å²) in [7, 11) is -12.0. The van der Waals surface area contributed by atoms with Crippen molar-refractivity contribution in [2.75, 3.05) is 0 Å². The molecule has 5 heterocycles. The van der Waals surface area contributed by atoms with Crippen LogP contribution >= 0.6 is 0 Å². The average molecular weight is 763 g/mol. The third-order valence-corrected chi connectivity index (χ3v) is 8.86. The zero-order valence-electron chi connectivity index (χ0n) is 30.4. The van der Waals surface area contributed by atoms with Crippen molar-refractivity contribution in [1.29, 1.82) is 0 Å². The summed E-state index contributed by atoms with van der Waals surface area (Å²) in [5, 5.41) is 0. The molecule has 2 aliphatic rings. The third-order valence-electron chi connectivity index (χ3n) is 8.86. The van der Waals surface area contributed by atoms with Crippen LogP contribution in [0.1, 0.15) is 118 Å². The van der Waals surface area contributed by atoms with Gasteiger partial charge in [-0.25, -0.2) is 9.97 Å². The van der Waals surface area contributed by atoms with Crippen LogP contribution < -0.4 is 0 Å². The van der Waals surface area contributed by atoms with E-state index < -0.39 is 14.5 Å². The molecule has 0 aliphatic carbocycles. The van der Waals surface area contributed by atoms with E-state index in [0.717, 1.165) is 74.3 Å². The summed E-state index contributed by atoms with van der Waals surface area (Å²) in [6.45, 7) is 19.3. The molecule has 15 heteroatoms. The van der Waals surface area contributed by atoms with Gasteiger partial charge in [-0.05, 0) is 116 Å². The van der Waals surface area contributed by atoms with Gasteiger partial charge in [0.25, 0.3) is 0 Å². The molecule has 2 aliphatic heterocycles. The maximum atomic E-state index is 9.75. The first kappa shape index (κ1) is 43.9. The standard InChI is InChI=1S/C36H46N4.2BF4.Mn/c1-9-22-19-25-20-23-17-18-24(37-23)21-32-26(10-2)29(13-5)36(40(32)16-8)31(15-7)35-28(12-4)27(11-3)34(39-35)30(14-6)33(22)38-25;2*2-1(3,4)5;/h17-21,39H,9-16H2,1-8H3;;;/q;2*-1;+2. The van der Waals surface area contributed by atoms with E-state index in [0.29, 0.717) is 0 Å². The summed E-state index contributed by atoms with van der Waals surface area (Å²) < 4.78 is 80.6. The van der Waals surface area contributed by atoms with Gasteiger partial charge >= 0.3 is 31.6 Å². The fourth-order valence-electron chi connectivity index (χ4n) is 7.09. The van der Waals surface area contributed by atoms with Crippen molar-refractivity contribution in [2.45, 2.75) is 107 Å². The molecule has 1 radical (unpaired) electrons. The Morgan fingerprint density at radius 1 is 0.549 bits per heavy atom. The molecule has 0 atom stereocenters. The second kappa shape index (κ2) is 18.4. The normalized spacial score (nSPS) is 12.4. The molecule has 4 nitrogen and oxygen atoms in total. The molecule has 3 aromatic rings. The van der Waals surface area contributed by atoms with Gasteiger partial charge in [0.1, 0.15) is 0 Å². The number of aryl methyl sites for hydroxylation is 7. The minimum absolute atomic E-state index is 0. The summed E-state index contributed by atoms with van der Waals surface area (Å²) in [4.78, 5) is 14.3. The van der Waals surface area contributed by atoms with Crippen molar-refractivity contribution in [1.82, 2.24) is 19.5 Å². The Kier molecular flexibility index (Phi) is 15.9. The van der Waals surface area contributed by atoms with Crippen LogP contribution in [0.4, 0.5) is 34.5 Å². The van der Waals surface area contributed by atoms with Crippen molar-refractivity contribution in [3.05, 3.63) is 68.3 Å². The second-order valence-corrected chi connectivity index (χ2v) is 11.8. The number of hydrogen-bond donors (Lipinski definition) is 1. The summed E-state index contributed by atoms with van der Waals surface area (Å²) in [6.07, 6.45) is 13.5. The van der Waals surface area contributed by atoms with E-state index in [-0.39, 0.29) is 17.1 Å². The largest absolute Gasteiger partial charge is 2.00 e. The van der Waals surface area contributed by atoms with Crippen LogP contribution in [0, 0.1) is 0 Å². The topological polar surface area (TPSA) is 46.5 Å². The molecule has 0 spiro atoms. The minimum atomic E-state index is -6.00. The molecular formula is C36H46B2F8MnN4. The monoisotopic (exact) mass is 763 g/mol. The van der Waals surface area contributed by atoms with E-state index in [4.69, 9.17) is 9.97 Å². The summed E-state index contributed by atoms with van der Waals surface area (Å²) >= 11 is 0. The first-order valence-corrected chi connectivity index (χ1v) is 17.4. The smallest absolute Gasteiger partial charge is 0.418 e. The number of aromatic amines is 1. The summed E-state index contributed by atoms with van der Waals surface area (Å²) in [5.41, 5.74) is 19.4. The van der Waals surface area contributed by atoms with Crippen molar-refractivity contribution >= 4 is 60.4 Å². The predicted octanol–water partition coefficient (Wildman–Crippen LogP) is 11.9. The van der Waals surface area contributed by atoms with E-state index >= 15 is 0 Å². The van der Waals surface area contributed by atoms with Crippen LogP contribution in [-0.4, -0.2) is 34.0 Å². The van der Waals surface area contributed by atoms with Crippen molar-refractivity contribution in [2.24, 2.45) is 0 Å². The van der Waals surface area contributed by atoms with Gasteiger partial charge in [0.05, 0.1) is 22.8 Å². The van der Waals surface area contributed by atoms with Gasteiger partial charge in [0, 0.05) is 34.2 Å². The number of halogens is 8. The van der Waals surface area contributed by atoms with Gasteiger partial charge < -0.3 is 44.1 Å². The molecule has 279 valence electrons. The Labute approximate surface area is 305 Å². The number of allylic oxidation sites excluding steroid dienone is 1. The van der Waals surface area contributed by atoms with Gasteiger partial charge in [0.2, 0.25) is 0 Å². The molecule has 0 amide bonds. The van der Waals surface area contributed by atoms with Crippen LogP contribution in [0.3, 0.4) is 0 Å². The number of aromatic nitrogens is 4. The van der Waals surface area contributed by atoms with Crippen molar-refractivity contribution in [3.63, 3.8) is 0 Å². The Morgan fingerprint density at radius 2 is 1.00 bits per heavy atom. The van der Waals surface area contributed by atoms with Gasteiger partial charge in [-0.2, -0.15) is 0 Å². The number of nitrogens with one attached hydrogen (secondary N) is 1. The molecule has 51 heavy (non-hydrogen) atoms. The average Bonchev–Trinajstić information content (AvgIpc) is 3.80. The number of nitrogens with zero attached hydrogens (tertiary/aromatic N) is 3. The first-order chi connectivity index (χ1) is 23.5. The first-order valence-electron chi connectivity index (χ1n) is 17.4. The van der Waals surface area contributed by atoms with Crippen LogP contribution in [0.15, 0.2) is 12.1 Å². The van der Waals surface area contributed by atoms with E-state index in [2.05, 4.69) is 95.3 Å². The van der Waals surface area contributed by atoms with Gasteiger partial charge in [0.15, 0.2) is 0 Å². The van der Waals surface area contributed by atoms with Crippen LogP contribution in [0.5, 0.6) is 0 Å². The predicted molar refractivity (Wildman–Crippen MR) is 194 cm³/mol. The Hall–Kier alpha value is -3.31. The molecule has 0 saturated carbocycles. The number of hydrogen-bond acceptors (Lipinski definition) is 2. The van der Waals surface area contributed by atoms with Gasteiger partial charge in [-0.3, -0.25) is 0 Å². The second-order valence-electron chi connectivity index (χ2n) is 11.8. The fourth-order valence-corrected chi connectivity index (χ4v) is 7.09. The fraction of sp³-hybridized carbons (Fsp3) is 0.444. The SMILES string of the molecule is CCC1=Cc2cc3nc(cc4c(CC)c(CC)c(c(CC)c5[nH]c(c(CC)c1n2)c(CC)c5CC)n4CC)C=C3.F[B-](F)(F)F.F[B-](F)(F)F.[Mn+2]. The van der Waals surface area contributed by atoms with Gasteiger partial charge in [-0.1, -0.05) is 48.5 Å². The van der Waals surface area contributed by atoms with Crippen molar-refractivity contribution < 1.29 is 51.6 Å². The maximum absolute atomic E-state index is 9.75. The molecule has 0 aromatic carbocycles. The Bertz CT molecular complexity index is 1880. The van der Waals surface area contributed by atoms with E-state index in [1.54, 1.807) is 0 Å². The van der Waals surface area contributed by atoms with E-state index in [9.17, 15) is 34.5 Å².